The Hall–Kier alpha value is -1.26. The number of carbonyl (C=O) groups is 2. The molecule has 0 rings (SSSR count). The van der Waals surface area contributed by atoms with Crippen LogP contribution in [0.25, 0.3) is 0 Å². The summed E-state index contributed by atoms with van der Waals surface area (Å²) in [4.78, 5) is 20.1. The Morgan fingerprint density at radius 1 is 1.36 bits per heavy atom. The van der Waals surface area contributed by atoms with E-state index < -0.39 is 6.09 Å². The van der Waals surface area contributed by atoms with Gasteiger partial charge in [-0.2, -0.15) is 0 Å². The Morgan fingerprint density at radius 2 is 2.00 bits per heavy atom. The molecule has 0 aromatic carbocycles. The third-order valence-corrected chi connectivity index (χ3v) is 1.13. The molecule has 0 radical (unpaired) electrons. The van der Waals surface area contributed by atoms with E-state index >= 15 is 0 Å². The van der Waals surface area contributed by atoms with E-state index in [0.29, 0.717) is 25.8 Å². The van der Waals surface area contributed by atoms with Crippen molar-refractivity contribution in [2.24, 2.45) is 5.73 Å². The van der Waals surface area contributed by atoms with Crippen molar-refractivity contribution in [1.29, 1.82) is 0 Å². The fourth-order valence-corrected chi connectivity index (χ4v) is 0.620. The summed E-state index contributed by atoms with van der Waals surface area (Å²) in [7, 11) is 0. The van der Waals surface area contributed by atoms with E-state index in [-0.39, 0.29) is 5.91 Å². The van der Waals surface area contributed by atoms with E-state index in [0.717, 1.165) is 0 Å². The number of unbranched alkanes of at least 4 members (excludes halogenated alkanes) is 1. The van der Waals surface area contributed by atoms with Crippen LogP contribution in [0.1, 0.15) is 19.3 Å². The molecule has 64 valence electrons. The molecule has 2 amide bonds. The first-order chi connectivity index (χ1) is 5.13. The first-order valence-corrected chi connectivity index (χ1v) is 3.38. The van der Waals surface area contributed by atoms with Crippen LogP contribution in [0.2, 0.25) is 0 Å². The molecule has 0 heterocycles. The Bertz CT molecular complexity index is 131. The summed E-state index contributed by atoms with van der Waals surface area (Å²) in [6.45, 7) is 0.378. The van der Waals surface area contributed by atoms with Gasteiger partial charge in [0.25, 0.3) is 0 Å². The van der Waals surface area contributed by atoms with Crippen molar-refractivity contribution in [2.75, 3.05) is 6.54 Å². The number of primary amides is 1. The molecule has 0 unspecified atom stereocenters. The number of carboxylic acid groups (broad SMARTS) is 1. The highest BCUT2D eigenvalue weighted by atomic mass is 16.4. The molecule has 0 fully saturated rings. The average molecular weight is 160 g/mol. The third-order valence-electron chi connectivity index (χ3n) is 1.13. The highest BCUT2D eigenvalue weighted by Crippen LogP contribution is 1.91. The minimum absolute atomic E-state index is 0.321. The van der Waals surface area contributed by atoms with Gasteiger partial charge in [-0.1, -0.05) is 0 Å². The Kier molecular flexibility index (Phi) is 4.89. The second-order valence-electron chi connectivity index (χ2n) is 2.16. The van der Waals surface area contributed by atoms with Gasteiger partial charge >= 0.3 is 6.09 Å². The molecule has 0 aromatic rings. The smallest absolute Gasteiger partial charge is 0.404 e. The number of hydrogen-bond acceptors (Lipinski definition) is 2. The lowest BCUT2D eigenvalue weighted by Gasteiger charge is -1.98. The number of hydrogen-bond donors (Lipinski definition) is 3. The van der Waals surface area contributed by atoms with Crippen LogP contribution in [-0.2, 0) is 4.79 Å². The maximum atomic E-state index is 10.2. The van der Waals surface area contributed by atoms with E-state index in [1.165, 1.54) is 0 Å². The predicted octanol–water partition coefficient (Wildman–Crippen LogP) is -0.0904. The van der Waals surface area contributed by atoms with Gasteiger partial charge in [-0.3, -0.25) is 4.79 Å². The molecule has 0 spiro atoms. The van der Waals surface area contributed by atoms with E-state index in [4.69, 9.17) is 10.8 Å². The van der Waals surface area contributed by atoms with Crippen LogP contribution in [0.4, 0.5) is 4.79 Å². The zero-order valence-electron chi connectivity index (χ0n) is 6.17. The molecular formula is C6H12N2O3. The predicted molar refractivity (Wildman–Crippen MR) is 39.1 cm³/mol. The largest absolute Gasteiger partial charge is 0.465 e. The van der Waals surface area contributed by atoms with Gasteiger partial charge in [0.05, 0.1) is 0 Å². The molecule has 0 aliphatic carbocycles. The zero-order valence-corrected chi connectivity index (χ0v) is 6.17. The normalized spacial score (nSPS) is 9.09. The lowest BCUT2D eigenvalue weighted by atomic mass is 10.2. The fourth-order valence-electron chi connectivity index (χ4n) is 0.620. The van der Waals surface area contributed by atoms with Gasteiger partial charge < -0.3 is 16.2 Å². The van der Waals surface area contributed by atoms with E-state index in [1.807, 2.05) is 0 Å². The van der Waals surface area contributed by atoms with Crippen LogP contribution in [-0.4, -0.2) is 23.7 Å². The van der Waals surface area contributed by atoms with Gasteiger partial charge in [0.2, 0.25) is 5.91 Å². The van der Waals surface area contributed by atoms with Gasteiger partial charge in [-0.25, -0.2) is 4.79 Å². The summed E-state index contributed by atoms with van der Waals surface area (Å²) in [5, 5.41) is 10.3. The highest BCUT2D eigenvalue weighted by molar-refractivity contribution is 5.73. The maximum Gasteiger partial charge on any atom is 0.404 e. The van der Waals surface area contributed by atoms with Gasteiger partial charge in [-0.05, 0) is 12.8 Å². The second kappa shape index (κ2) is 5.52. The number of carbonyl (C=O) groups excluding carboxylic acids is 1. The molecule has 0 saturated heterocycles. The van der Waals surface area contributed by atoms with Crippen LogP contribution in [0, 0.1) is 0 Å². The van der Waals surface area contributed by atoms with Gasteiger partial charge in [0.1, 0.15) is 0 Å². The molecule has 0 aliphatic rings. The fraction of sp³-hybridized carbons (Fsp3) is 0.667. The van der Waals surface area contributed by atoms with Crippen molar-refractivity contribution in [1.82, 2.24) is 5.32 Å². The number of nitrogens with two attached hydrogens (primary N) is 1. The molecule has 0 bridgehead atoms. The minimum atomic E-state index is -1.04. The molecular weight excluding hydrogens is 148 g/mol. The first kappa shape index (κ1) is 9.74. The lowest BCUT2D eigenvalue weighted by Crippen LogP contribution is -2.22. The SMILES string of the molecule is NC(=O)CCCCNC(=O)O. The Morgan fingerprint density at radius 3 is 2.45 bits per heavy atom. The van der Waals surface area contributed by atoms with Crippen LogP contribution in [0.3, 0.4) is 0 Å². The molecule has 0 aromatic heterocycles. The molecule has 0 atom stereocenters. The highest BCUT2D eigenvalue weighted by Gasteiger charge is 1.95. The van der Waals surface area contributed by atoms with Gasteiger partial charge in [0, 0.05) is 13.0 Å². The quantitative estimate of drug-likeness (QED) is 0.491. The van der Waals surface area contributed by atoms with Crippen LogP contribution in [0.15, 0.2) is 0 Å². The van der Waals surface area contributed by atoms with Crippen molar-refractivity contribution < 1.29 is 14.7 Å². The van der Waals surface area contributed by atoms with Gasteiger partial charge in [-0.15, -0.1) is 0 Å². The minimum Gasteiger partial charge on any atom is -0.465 e. The topological polar surface area (TPSA) is 92.4 Å². The Labute approximate surface area is 64.6 Å². The van der Waals surface area contributed by atoms with Crippen molar-refractivity contribution in [3.05, 3.63) is 0 Å². The molecule has 4 N–H and O–H groups in total. The third kappa shape index (κ3) is 8.74. The molecule has 0 saturated carbocycles. The second-order valence-corrected chi connectivity index (χ2v) is 2.16. The standard InChI is InChI=1S/C6H12N2O3/c7-5(9)3-1-2-4-8-6(10)11/h8H,1-4H2,(H2,7,9)(H,10,11). The average Bonchev–Trinajstić information content (AvgIpc) is 1.85. The molecule has 5 heteroatoms. The molecule has 11 heavy (non-hydrogen) atoms. The lowest BCUT2D eigenvalue weighted by molar-refractivity contribution is -0.118. The Balaban J connectivity index is 3.03. The van der Waals surface area contributed by atoms with E-state index in [9.17, 15) is 9.59 Å². The first-order valence-electron chi connectivity index (χ1n) is 3.38. The van der Waals surface area contributed by atoms with Crippen molar-refractivity contribution >= 4 is 12.0 Å². The van der Waals surface area contributed by atoms with E-state index in [1.54, 1.807) is 0 Å². The van der Waals surface area contributed by atoms with Gasteiger partial charge in [0.15, 0.2) is 0 Å². The van der Waals surface area contributed by atoms with Crippen molar-refractivity contribution in [3.8, 4) is 0 Å². The maximum absolute atomic E-state index is 10.2. The number of nitrogens with one attached hydrogen (secondary N) is 1. The van der Waals surface area contributed by atoms with Crippen LogP contribution in [0.5, 0.6) is 0 Å². The molecule has 5 nitrogen and oxygen atoms in total. The van der Waals surface area contributed by atoms with Crippen molar-refractivity contribution in [2.45, 2.75) is 19.3 Å². The molecule has 0 aliphatic heterocycles. The summed E-state index contributed by atoms with van der Waals surface area (Å²) < 4.78 is 0. The summed E-state index contributed by atoms with van der Waals surface area (Å²) in [5.41, 5.74) is 4.86. The van der Waals surface area contributed by atoms with Crippen LogP contribution < -0.4 is 11.1 Å². The number of rotatable bonds is 5. The van der Waals surface area contributed by atoms with E-state index in [2.05, 4.69) is 5.32 Å². The summed E-state index contributed by atoms with van der Waals surface area (Å²) in [6.07, 6.45) is 0.565. The number of amides is 2. The van der Waals surface area contributed by atoms with Crippen LogP contribution >= 0.6 is 0 Å². The zero-order chi connectivity index (χ0) is 8.69. The monoisotopic (exact) mass is 160 g/mol. The van der Waals surface area contributed by atoms with Crippen molar-refractivity contribution in [3.63, 3.8) is 0 Å². The summed E-state index contributed by atoms with van der Waals surface area (Å²) in [5.74, 6) is -0.347. The summed E-state index contributed by atoms with van der Waals surface area (Å²) in [6, 6.07) is 0. The summed E-state index contributed by atoms with van der Waals surface area (Å²) >= 11 is 0.